The third kappa shape index (κ3) is 6.51. The van der Waals surface area contributed by atoms with Gasteiger partial charge in [-0.3, -0.25) is 0 Å². The van der Waals surface area contributed by atoms with Crippen molar-refractivity contribution in [3.8, 4) is 0 Å². The smallest absolute Gasteiger partial charge is 0.459 e. The lowest BCUT2D eigenvalue weighted by Gasteiger charge is -2.06. The molecule has 0 aromatic rings. The van der Waals surface area contributed by atoms with Crippen molar-refractivity contribution in [3.63, 3.8) is 0 Å². The molecule has 0 heterocycles. The molecule has 0 unspecified atom stereocenters. The van der Waals surface area contributed by atoms with Crippen LogP contribution in [0.1, 0.15) is 26.2 Å². The minimum Gasteiger partial charge on any atom is -0.459 e. The average molecular weight is 210 g/mol. The molecule has 0 aliphatic carbocycles. The molecule has 0 spiro atoms. The monoisotopic (exact) mass is 210 g/mol. The number of halogens is 3. The average Bonchev–Trinajstić information content (AvgIpc) is 2.01. The van der Waals surface area contributed by atoms with Gasteiger partial charge in [-0.25, -0.2) is 4.79 Å². The van der Waals surface area contributed by atoms with Gasteiger partial charge in [0, 0.05) is 0 Å². The Labute approximate surface area is 80.7 Å². The molecule has 0 atom stereocenters. The summed E-state index contributed by atoms with van der Waals surface area (Å²) in [7, 11) is 0. The van der Waals surface area contributed by atoms with E-state index in [1.54, 1.807) is 0 Å². The van der Waals surface area contributed by atoms with Crippen LogP contribution in [0.15, 0.2) is 12.2 Å². The van der Waals surface area contributed by atoms with Crippen LogP contribution in [0.25, 0.3) is 0 Å². The largest absolute Gasteiger partial charge is 0.490 e. The zero-order chi connectivity index (χ0) is 11.2. The third-order valence-electron chi connectivity index (χ3n) is 1.46. The first-order chi connectivity index (χ1) is 6.34. The van der Waals surface area contributed by atoms with E-state index in [2.05, 4.69) is 11.3 Å². The highest BCUT2D eigenvalue weighted by molar-refractivity contribution is 5.75. The van der Waals surface area contributed by atoms with Crippen LogP contribution >= 0.6 is 0 Å². The van der Waals surface area contributed by atoms with Crippen molar-refractivity contribution < 1.29 is 22.7 Å². The number of hydrogen-bond acceptors (Lipinski definition) is 2. The normalized spacial score (nSPS) is 11.1. The Bertz CT molecular complexity index is 209. The van der Waals surface area contributed by atoms with Crippen molar-refractivity contribution in [2.75, 3.05) is 6.61 Å². The fourth-order valence-corrected chi connectivity index (χ4v) is 0.776. The number of unbranched alkanes of at least 4 members (excludes halogenated alkanes) is 1. The van der Waals surface area contributed by atoms with E-state index in [9.17, 15) is 18.0 Å². The molecular formula is C9H13F3O2. The van der Waals surface area contributed by atoms with Crippen molar-refractivity contribution in [1.29, 1.82) is 0 Å². The molecular weight excluding hydrogens is 197 g/mol. The van der Waals surface area contributed by atoms with Crippen LogP contribution in [0, 0.1) is 0 Å². The molecule has 0 saturated heterocycles. The lowest BCUT2D eigenvalue weighted by Crippen LogP contribution is -2.25. The summed E-state index contributed by atoms with van der Waals surface area (Å²) in [5.41, 5.74) is 0.965. The molecule has 0 aromatic carbocycles. The first-order valence-corrected chi connectivity index (χ1v) is 4.22. The Morgan fingerprint density at radius 3 is 2.36 bits per heavy atom. The van der Waals surface area contributed by atoms with Crippen LogP contribution in [0.5, 0.6) is 0 Å². The quantitative estimate of drug-likeness (QED) is 0.396. The van der Waals surface area contributed by atoms with Crippen molar-refractivity contribution in [3.05, 3.63) is 12.2 Å². The zero-order valence-corrected chi connectivity index (χ0v) is 7.99. The van der Waals surface area contributed by atoms with Crippen molar-refractivity contribution in [1.82, 2.24) is 0 Å². The van der Waals surface area contributed by atoms with Gasteiger partial charge >= 0.3 is 12.1 Å². The van der Waals surface area contributed by atoms with E-state index in [1.807, 2.05) is 6.92 Å². The molecule has 82 valence electrons. The molecule has 5 heteroatoms. The summed E-state index contributed by atoms with van der Waals surface area (Å²) in [6.07, 6.45) is -3.03. The van der Waals surface area contributed by atoms with Crippen molar-refractivity contribution >= 4 is 5.97 Å². The fourth-order valence-electron chi connectivity index (χ4n) is 0.776. The maximum atomic E-state index is 11.6. The van der Waals surface area contributed by atoms with Crippen LogP contribution in [-0.4, -0.2) is 18.8 Å². The van der Waals surface area contributed by atoms with Crippen molar-refractivity contribution in [2.45, 2.75) is 32.4 Å². The second-order valence-electron chi connectivity index (χ2n) is 3.05. The second-order valence-corrected chi connectivity index (χ2v) is 3.05. The van der Waals surface area contributed by atoms with Gasteiger partial charge in [-0.15, -0.1) is 6.58 Å². The molecule has 2 nitrogen and oxygen atoms in total. The Kier molecular flexibility index (Phi) is 5.27. The molecule has 0 amide bonds. The summed E-state index contributed by atoms with van der Waals surface area (Å²) >= 11 is 0. The number of esters is 1. The third-order valence-corrected chi connectivity index (χ3v) is 1.46. The SMILES string of the molecule is C=C(C)CCCCOC(=O)C(F)(F)F. The maximum absolute atomic E-state index is 11.6. The second kappa shape index (κ2) is 5.67. The van der Waals surface area contributed by atoms with Gasteiger partial charge in [0.2, 0.25) is 0 Å². The summed E-state index contributed by atoms with van der Waals surface area (Å²) in [6, 6.07) is 0. The minimum absolute atomic E-state index is 0.189. The summed E-state index contributed by atoms with van der Waals surface area (Å²) in [5, 5.41) is 0. The first kappa shape index (κ1) is 13.0. The number of hydrogen-bond donors (Lipinski definition) is 0. The Balaban J connectivity index is 3.46. The van der Waals surface area contributed by atoms with E-state index in [0.29, 0.717) is 12.8 Å². The van der Waals surface area contributed by atoms with Gasteiger partial charge in [0.25, 0.3) is 0 Å². The predicted molar refractivity (Wildman–Crippen MR) is 45.7 cm³/mol. The van der Waals surface area contributed by atoms with Crippen LogP contribution in [0.4, 0.5) is 13.2 Å². The highest BCUT2D eigenvalue weighted by atomic mass is 19.4. The summed E-state index contributed by atoms with van der Waals surface area (Å²) in [6.45, 7) is 5.29. The van der Waals surface area contributed by atoms with E-state index in [4.69, 9.17) is 0 Å². The Hall–Kier alpha value is -1.00. The Morgan fingerprint density at radius 2 is 1.93 bits per heavy atom. The molecule has 0 bridgehead atoms. The molecule has 0 radical (unpaired) electrons. The molecule has 14 heavy (non-hydrogen) atoms. The molecule has 0 rings (SSSR count). The summed E-state index contributed by atoms with van der Waals surface area (Å²) in [4.78, 5) is 10.2. The van der Waals surface area contributed by atoms with Gasteiger partial charge in [-0.1, -0.05) is 5.57 Å². The van der Waals surface area contributed by atoms with Crippen LogP contribution in [0.3, 0.4) is 0 Å². The molecule has 0 saturated carbocycles. The van der Waals surface area contributed by atoms with Gasteiger partial charge in [-0.05, 0) is 26.2 Å². The summed E-state index contributed by atoms with van der Waals surface area (Å²) in [5.74, 6) is -2.12. The van der Waals surface area contributed by atoms with Gasteiger partial charge in [0.15, 0.2) is 0 Å². The number of alkyl halides is 3. The first-order valence-electron chi connectivity index (χ1n) is 4.22. The molecule has 0 N–H and O–H groups in total. The minimum atomic E-state index is -4.88. The maximum Gasteiger partial charge on any atom is 0.490 e. The zero-order valence-electron chi connectivity index (χ0n) is 7.99. The molecule has 0 aliphatic heterocycles. The van der Waals surface area contributed by atoms with Crippen molar-refractivity contribution in [2.24, 2.45) is 0 Å². The van der Waals surface area contributed by atoms with E-state index in [1.165, 1.54) is 0 Å². The van der Waals surface area contributed by atoms with Gasteiger partial charge < -0.3 is 4.74 Å². The standard InChI is InChI=1S/C9H13F3O2/c1-7(2)5-3-4-6-14-8(13)9(10,11)12/h1,3-6H2,2H3. The van der Waals surface area contributed by atoms with Gasteiger partial charge in [0.1, 0.15) is 0 Å². The van der Waals surface area contributed by atoms with Crippen LogP contribution < -0.4 is 0 Å². The topological polar surface area (TPSA) is 26.3 Å². The van der Waals surface area contributed by atoms with E-state index in [0.717, 1.165) is 12.0 Å². The van der Waals surface area contributed by atoms with Gasteiger partial charge in [0.05, 0.1) is 6.61 Å². The lowest BCUT2D eigenvalue weighted by molar-refractivity contribution is -0.199. The number of ether oxygens (including phenoxy) is 1. The molecule has 0 aliphatic rings. The lowest BCUT2D eigenvalue weighted by atomic mass is 10.1. The van der Waals surface area contributed by atoms with Crippen LogP contribution in [0.2, 0.25) is 0 Å². The highest BCUT2D eigenvalue weighted by Crippen LogP contribution is 2.16. The number of allylic oxidation sites excluding steroid dienone is 1. The molecule has 0 fully saturated rings. The number of carbonyl (C=O) groups is 1. The molecule has 0 aromatic heterocycles. The van der Waals surface area contributed by atoms with E-state index in [-0.39, 0.29) is 6.61 Å². The predicted octanol–water partition coefficient (Wildman–Crippen LogP) is 2.84. The van der Waals surface area contributed by atoms with Crippen LogP contribution in [-0.2, 0) is 9.53 Å². The van der Waals surface area contributed by atoms with E-state index >= 15 is 0 Å². The van der Waals surface area contributed by atoms with E-state index < -0.39 is 12.1 Å². The fraction of sp³-hybridized carbons (Fsp3) is 0.667. The number of carbonyl (C=O) groups excluding carboxylic acids is 1. The Morgan fingerprint density at radius 1 is 1.36 bits per heavy atom. The van der Waals surface area contributed by atoms with Gasteiger partial charge in [-0.2, -0.15) is 13.2 Å². The summed E-state index contributed by atoms with van der Waals surface area (Å²) < 4.78 is 38.8. The number of rotatable bonds is 5. The highest BCUT2D eigenvalue weighted by Gasteiger charge is 2.40.